The third kappa shape index (κ3) is 2.54. The summed E-state index contributed by atoms with van der Waals surface area (Å²) in [5.74, 6) is 0.0434. The Bertz CT molecular complexity index is 308. The van der Waals surface area contributed by atoms with Crippen molar-refractivity contribution in [2.75, 3.05) is 5.32 Å². The van der Waals surface area contributed by atoms with Crippen LogP contribution in [0, 0.1) is 12.8 Å². The lowest BCUT2D eigenvalue weighted by atomic mass is 10.2. The second-order valence-electron chi connectivity index (χ2n) is 3.33. The number of amides is 1. The molecule has 3 nitrogen and oxygen atoms in total. The van der Waals surface area contributed by atoms with Gasteiger partial charge in [0.05, 0.1) is 0 Å². The van der Waals surface area contributed by atoms with Crippen molar-refractivity contribution in [3.63, 3.8) is 0 Å². The molecule has 0 bridgehead atoms. The second-order valence-corrected chi connectivity index (χ2v) is 3.33. The Balaban J connectivity index is 2.75. The van der Waals surface area contributed by atoms with Gasteiger partial charge in [-0.15, -0.1) is 0 Å². The van der Waals surface area contributed by atoms with Crippen molar-refractivity contribution in [2.24, 2.45) is 5.92 Å². The van der Waals surface area contributed by atoms with Gasteiger partial charge >= 0.3 is 0 Å². The molecule has 1 amide bonds. The molecule has 0 unspecified atom stereocenters. The molecule has 0 spiro atoms. The van der Waals surface area contributed by atoms with Crippen molar-refractivity contribution < 1.29 is 4.79 Å². The van der Waals surface area contributed by atoms with Crippen molar-refractivity contribution in [2.45, 2.75) is 20.8 Å². The molecule has 0 fully saturated rings. The molecular weight excluding hydrogens is 164 g/mol. The van der Waals surface area contributed by atoms with Gasteiger partial charge in [0, 0.05) is 24.0 Å². The SMILES string of the molecule is Cc1cnccc1NC(=O)C(C)C. The van der Waals surface area contributed by atoms with Crippen LogP contribution >= 0.6 is 0 Å². The van der Waals surface area contributed by atoms with Crippen LogP contribution in [0.3, 0.4) is 0 Å². The number of carbonyl (C=O) groups excluding carboxylic acids is 1. The smallest absolute Gasteiger partial charge is 0.226 e. The molecule has 0 atom stereocenters. The van der Waals surface area contributed by atoms with E-state index in [0.29, 0.717) is 0 Å². The standard InChI is InChI=1S/C10H14N2O/c1-7(2)10(13)12-9-4-5-11-6-8(9)3/h4-7H,1-3H3,(H,11,12,13). The fraction of sp³-hybridized carbons (Fsp3) is 0.400. The normalized spacial score (nSPS) is 10.2. The Labute approximate surface area is 78.2 Å². The number of aryl methyl sites for hydroxylation is 1. The third-order valence-corrected chi connectivity index (χ3v) is 1.80. The number of carbonyl (C=O) groups is 1. The first-order chi connectivity index (χ1) is 6.11. The molecule has 1 aromatic heterocycles. The van der Waals surface area contributed by atoms with Crippen LogP contribution in [0.1, 0.15) is 19.4 Å². The van der Waals surface area contributed by atoms with Gasteiger partial charge in [0.25, 0.3) is 0 Å². The molecule has 13 heavy (non-hydrogen) atoms. The zero-order chi connectivity index (χ0) is 9.84. The molecule has 0 saturated carbocycles. The quantitative estimate of drug-likeness (QED) is 0.752. The van der Waals surface area contributed by atoms with Crippen LogP contribution in [0.5, 0.6) is 0 Å². The van der Waals surface area contributed by atoms with Gasteiger partial charge in [0.2, 0.25) is 5.91 Å². The summed E-state index contributed by atoms with van der Waals surface area (Å²) in [4.78, 5) is 15.3. The highest BCUT2D eigenvalue weighted by molar-refractivity contribution is 5.92. The minimum atomic E-state index is 0.00700. The fourth-order valence-electron chi connectivity index (χ4n) is 0.891. The van der Waals surface area contributed by atoms with Crippen LogP contribution in [0.4, 0.5) is 5.69 Å². The van der Waals surface area contributed by atoms with E-state index in [9.17, 15) is 4.79 Å². The molecule has 0 aliphatic heterocycles. The van der Waals surface area contributed by atoms with Crippen molar-refractivity contribution in [1.29, 1.82) is 0 Å². The summed E-state index contributed by atoms with van der Waals surface area (Å²) in [6.45, 7) is 5.65. The molecular formula is C10H14N2O. The number of hydrogen-bond donors (Lipinski definition) is 1. The highest BCUT2D eigenvalue weighted by Gasteiger charge is 2.07. The Morgan fingerprint density at radius 1 is 1.54 bits per heavy atom. The van der Waals surface area contributed by atoms with E-state index in [1.165, 1.54) is 0 Å². The first-order valence-electron chi connectivity index (χ1n) is 4.32. The Morgan fingerprint density at radius 3 is 2.77 bits per heavy atom. The largest absolute Gasteiger partial charge is 0.326 e. The molecule has 1 N–H and O–H groups in total. The van der Waals surface area contributed by atoms with Crippen LogP contribution in [-0.2, 0) is 4.79 Å². The predicted molar refractivity (Wildman–Crippen MR) is 52.4 cm³/mol. The van der Waals surface area contributed by atoms with E-state index < -0.39 is 0 Å². The van der Waals surface area contributed by atoms with E-state index in [4.69, 9.17) is 0 Å². The highest BCUT2D eigenvalue weighted by atomic mass is 16.1. The van der Waals surface area contributed by atoms with Crippen LogP contribution in [0.25, 0.3) is 0 Å². The van der Waals surface area contributed by atoms with E-state index in [1.54, 1.807) is 18.5 Å². The summed E-state index contributed by atoms with van der Waals surface area (Å²) in [5.41, 5.74) is 1.82. The van der Waals surface area contributed by atoms with Crippen molar-refractivity contribution >= 4 is 11.6 Å². The van der Waals surface area contributed by atoms with Crippen LogP contribution in [0.2, 0.25) is 0 Å². The Morgan fingerprint density at radius 2 is 2.23 bits per heavy atom. The third-order valence-electron chi connectivity index (χ3n) is 1.80. The molecule has 0 aliphatic carbocycles. The van der Waals surface area contributed by atoms with E-state index in [1.807, 2.05) is 20.8 Å². The Kier molecular flexibility index (Phi) is 3.01. The topological polar surface area (TPSA) is 42.0 Å². The zero-order valence-electron chi connectivity index (χ0n) is 8.16. The molecule has 0 saturated heterocycles. The number of hydrogen-bond acceptors (Lipinski definition) is 2. The molecule has 70 valence electrons. The van der Waals surface area contributed by atoms with E-state index in [2.05, 4.69) is 10.3 Å². The minimum absolute atomic E-state index is 0.00700. The first-order valence-corrected chi connectivity index (χ1v) is 4.32. The summed E-state index contributed by atoms with van der Waals surface area (Å²) < 4.78 is 0. The van der Waals surface area contributed by atoms with Crippen LogP contribution in [-0.4, -0.2) is 10.9 Å². The lowest BCUT2D eigenvalue weighted by molar-refractivity contribution is -0.118. The molecule has 1 heterocycles. The van der Waals surface area contributed by atoms with Crippen molar-refractivity contribution in [3.05, 3.63) is 24.0 Å². The number of pyridine rings is 1. The summed E-state index contributed by atoms with van der Waals surface area (Å²) in [7, 11) is 0. The maximum Gasteiger partial charge on any atom is 0.226 e. The average molecular weight is 178 g/mol. The van der Waals surface area contributed by atoms with Crippen molar-refractivity contribution in [1.82, 2.24) is 4.98 Å². The molecule has 1 rings (SSSR count). The van der Waals surface area contributed by atoms with Gasteiger partial charge < -0.3 is 5.32 Å². The molecule has 1 aromatic rings. The van der Waals surface area contributed by atoms with Gasteiger partial charge in [-0.3, -0.25) is 9.78 Å². The van der Waals surface area contributed by atoms with Gasteiger partial charge in [-0.05, 0) is 18.6 Å². The molecule has 3 heteroatoms. The van der Waals surface area contributed by atoms with Gasteiger partial charge in [0.15, 0.2) is 0 Å². The monoisotopic (exact) mass is 178 g/mol. The van der Waals surface area contributed by atoms with Gasteiger partial charge in [-0.25, -0.2) is 0 Å². The van der Waals surface area contributed by atoms with E-state index >= 15 is 0 Å². The van der Waals surface area contributed by atoms with Crippen LogP contribution in [0.15, 0.2) is 18.5 Å². The number of nitrogens with zero attached hydrogens (tertiary/aromatic N) is 1. The fourth-order valence-corrected chi connectivity index (χ4v) is 0.891. The summed E-state index contributed by atoms with van der Waals surface area (Å²) in [6, 6.07) is 1.80. The second kappa shape index (κ2) is 4.03. The van der Waals surface area contributed by atoms with Gasteiger partial charge in [0.1, 0.15) is 0 Å². The predicted octanol–water partition coefficient (Wildman–Crippen LogP) is 1.98. The van der Waals surface area contributed by atoms with E-state index in [0.717, 1.165) is 11.3 Å². The maximum absolute atomic E-state index is 11.3. The number of anilines is 1. The Hall–Kier alpha value is -1.38. The zero-order valence-corrected chi connectivity index (χ0v) is 8.16. The van der Waals surface area contributed by atoms with Gasteiger partial charge in [-0.2, -0.15) is 0 Å². The number of aromatic nitrogens is 1. The van der Waals surface area contributed by atoms with E-state index in [-0.39, 0.29) is 11.8 Å². The average Bonchev–Trinajstić information content (AvgIpc) is 2.08. The minimum Gasteiger partial charge on any atom is -0.326 e. The van der Waals surface area contributed by atoms with Crippen molar-refractivity contribution in [3.8, 4) is 0 Å². The summed E-state index contributed by atoms with van der Waals surface area (Å²) in [6.07, 6.45) is 3.40. The maximum atomic E-state index is 11.3. The molecule has 0 aliphatic rings. The number of nitrogens with one attached hydrogen (secondary N) is 1. The molecule has 0 radical (unpaired) electrons. The summed E-state index contributed by atoms with van der Waals surface area (Å²) in [5, 5.41) is 2.83. The van der Waals surface area contributed by atoms with Crippen LogP contribution < -0.4 is 5.32 Å². The summed E-state index contributed by atoms with van der Waals surface area (Å²) >= 11 is 0. The first kappa shape index (κ1) is 9.71. The lowest BCUT2D eigenvalue weighted by Gasteiger charge is -2.09. The highest BCUT2D eigenvalue weighted by Crippen LogP contribution is 2.12. The molecule has 0 aromatic carbocycles. The number of rotatable bonds is 2. The van der Waals surface area contributed by atoms with Gasteiger partial charge in [-0.1, -0.05) is 13.8 Å². The lowest BCUT2D eigenvalue weighted by Crippen LogP contribution is -2.18.